The van der Waals surface area contributed by atoms with Crippen molar-refractivity contribution in [2.45, 2.75) is 119 Å². The van der Waals surface area contributed by atoms with E-state index in [9.17, 15) is 48.5 Å². The number of unbranched alkanes of at least 4 members (excludes halogenated alkanes) is 1. The van der Waals surface area contributed by atoms with Gasteiger partial charge in [-0.3, -0.25) is 13.9 Å². The Labute approximate surface area is 377 Å². The molecule has 0 bridgehead atoms. The maximum Gasteiger partial charge on any atom is 0.407 e. The third kappa shape index (κ3) is 13.2. The van der Waals surface area contributed by atoms with E-state index in [2.05, 4.69) is 27.7 Å². The highest BCUT2D eigenvalue weighted by molar-refractivity contribution is 7.86. The Morgan fingerprint density at radius 3 is 2.27 bits per heavy atom. The molecule has 2 amide bonds. The van der Waals surface area contributed by atoms with Crippen LogP contribution in [-0.4, -0.2) is 99.2 Å². The number of ether oxygens (including phenoxy) is 1. The minimum atomic E-state index is -4.75. The first kappa shape index (κ1) is 50.3. The van der Waals surface area contributed by atoms with Crippen LogP contribution < -0.4 is 15.5 Å². The molecule has 4 N–H and O–H groups in total. The third-order valence-electron chi connectivity index (χ3n) is 11.8. The second kappa shape index (κ2) is 21.1. The Morgan fingerprint density at radius 1 is 0.844 bits per heavy atom. The highest BCUT2D eigenvalue weighted by Gasteiger charge is 2.45. The van der Waals surface area contributed by atoms with Crippen molar-refractivity contribution in [1.82, 2.24) is 10.6 Å². The number of hydrogen-bond acceptors (Lipinski definition) is 11. The Balaban J connectivity index is 1.25. The van der Waals surface area contributed by atoms with E-state index < -0.39 is 53.0 Å². The van der Waals surface area contributed by atoms with E-state index in [0.29, 0.717) is 61.4 Å². The highest BCUT2D eigenvalue weighted by Crippen LogP contribution is 2.48. The van der Waals surface area contributed by atoms with Crippen LogP contribution in [0.15, 0.2) is 94.4 Å². The molecule has 1 aliphatic carbocycles. The fourth-order valence-corrected chi connectivity index (χ4v) is 9.95. The lowest BCUT2D eigenvalue weighted by Gasteiger charge is -2.27. The lowest BCUT2D eigenvalue weighted by molar-refractivity contribution is -0.437. The number of allylic oxidation sites excluding steroid dienone is 8. The van der Waals surface area contributed by atoms with Gasteiger partial charge >= 0.3 is 6.09 Å². The summed E-state index contributed by atoms with van der Waals surface area (Å²) in [5.41, 5.74) is 2.64. The number of amides is 2. The smallest absolute Gasteiger partial charge is 0.407 e. The van der Waals surface area contributed by atoms with Crippen LogP contribution in [0.1, 0.15) is 103 Å². The summed E-state index contributed by atoms with van der Waals surface area (Å²) in [6.45, 7) is 9.05. The molecular weight excluding hydrogens is 885 g/mol. The summed E-state index contributed by atoms with van der Waals surface area (Å²) < 4.78 is 110. The van der Waals surface area contributed by atoms with Gasteiger partial charge in [0.1, 0.15) is 22.8 Å². The molecule has 1 unspecified atom stereocenters. The van der Waals surface area contributed by atoms with Gasteiger partial charge in [-0.15, -0.1) is 0 Å². The van der Waals surface area contributed by atoms with Gasteiger partial charge in [-0.25, -0.2) is 13.2 Å². The molecule has 3 aliphatic rings. The second-order valence-electron chi connectivity index (χ2n) is 17.3. The zero-order chi connectivity index (χ0) is 46.9. The maximum absolute atomic E-state index is 12.7. The van der Waals surface area contributed by atoms with Crippen LogP contribution in [0.5, 0.6) is 0 Å². The van der Waals surface area contributed by atoms with Gasteiger partial charge in [0.05, 0.1) is 21.0 Å². The molecule has 5 rings (SSSR count). The third-order valence-corrected chi connectivity index (χ3v) is 14.3. The van der Waals surface area contributed by atoms with Gasteiger partial charge in [0.25, 0.3) is 20.2 Å². The molecule has 16 nitrogen and oxygen atoms in total. The molecule has 0 saturated carbocycles. The van der Waals surface area contributed by atoms with E-state index in [0.717, 1.165) is 43.5 Å². The molecule has 0 spiro atoms. The SMILES string of the molecule is CC1(C)C(/C=C/C=C/C=C2/N(CCCCC(=O)NCCCNC(=O)OC3CC/C=C\CCC3)c3ccc(S(=O)(=O)O)cc3C2(C)C)=[N+](CCCS(=O)(=O)O)c2ccc(S(=O)(=O)[O-])cc21. The molecule has 2 aromatic rings. The van der Waals surface area contributed by atoms with Crippen LogP contribution in [-0.2, 0) is 50.7 Å². The molecule has 0 fully saturated rings. The number of carbonyl (C=O) groups is 2. The van der Waals surface area contributed by atoms with E-state index in [4.69, 9.17) is 4.74 Å². The molecular formula is C45H60N4O12S3. The van der Waals surface area contributed by atoms with Gasteiger partial charge in [0.15, 0.2) is 5.71 Å². The van der Waals surface area contributed by atoms with Crippen molar-refractivity contribution < 1.29 is 57.8 Å². The summed E-state index contributed by atoms with van der Waals surface area (Å²) in [7, 11) is -13.5. The predicted octanol–water partition coefficient (Wildman–Crippen LogP) is 6.58. The van der Waals surface area contributed by atoms with Gasteiger partial charge in [0, 0.05) is 67.0 Å². The Hall–Kier alpha value is -4.66. The van der Waals surface area contributed by atoms with E-state index in [1.165, 1.54) is 30.3 Å². The van der Waals surface area contributed by atoms with Gasteiger partial charge in [-0.2, -0.15) is 21.4 Å². The molecule has 1 atom stereocenters. The lowest BCUT2D eigenvalue weighted by Crippen LogP contribution is -2.32. The van der Waals surface area contributed by atoms with E-state index in [1.54, 1.807) is 18.2 Å². The Morgan fingerprint density at radius 2 is 1.55 bits per heavy atom. The Kier molecular flexibility index (Phi) is 16.6. The van der Waals surface area contributed by atoms with Crippen LogP contribution in [0.3, 0.4) is 0 Å². The molecule has 0 aromatic heterocycles. The molecule has 0 radical (unpaired) electrons. The summed E-state index contributed by atoms with van der Waals surface area (Å²) in [6.07, 6.45) is 19.4. The number of benzene rings is 2. The summed E-state index contributed by atoms with van der Waals surface area (Å²) >= 11 is 0. The fraction of sp³-hybridized carbons (Fsp3) is 0.489. The zero-order valence-electron chi connectivity index (χ0n) is 36.8. The van der Waals surface area contributed by atoms with Crippen LogP contribution in [0, 0.1) is 0 Å². The summed E-state index contributed by atoms with van der Waals surface area (Å²) in [5.74, 6) is -0.600. The average molecular weight is 945 g/mol. The predicted molar refractivity (Wildman–Crippen MR) is 243 cm³/mol. The van der Waals surface area contributed by atoms with Crippen LogP contribution >= 0.6 is 0 Å². The first-order chi connectivity index (χ1) is 30.0. The molecule has 0 saturated heterocycles. The van der Waals surface area contributed by atoms with Crippen molar-refractivity contribution in [2.24, 2.45) is 0 Å². The quantitative estimate of drug-likeness (QED) is 0.0383. The number of nitrogens with zero attached hydrogens (tertiary/aromatic N) is 2. The van der Waals surface area contributed by atoms with Gasteiger partial charge in [0.2, 0.25) is 11.6 Å². The van der Waals surface area contributed by atoms with Crippen LogP contribution in [0.25, 0.3) is 0 Å². The maximum atomic E-state index is 12.7. The minimum Gasteiger partial charge on any atom is -0.744 e. The molecule has 64 heavy (non-hydrogen) atoms. The average Bonchev–Trinajstić information content (AvgIpc) is 3.53. The van der Waals surface area contributed by atoms with Crippen molar-refractivity contribution in [3.05, 3.63) is 95.8 Å². The van der Waals surface area contributed by atoms with Crippen molar-refractivity contribution in [3.63, 3.8) is 0 Å². The van der Waals surface area contributed by atoms with Gasteiger partial charge in [-0.1, -0.05) is 44.2 Å². The number of hydrogen-bond donors (Lipinski definition) is 4. The number of anilines is 1. The molecule has 2 aliphatic heterocycles. The highest BCUT2D eigenvalue weighted by atomic mass is 32.2. The Bertz CT molecular complexity index is 2560. The number of carbonyl (C=O) groups excluding carboxylic acids is 2. The number of nitrogens with one attached hydrogen (secondary N) is 2. The summed E-state index contributed by atoms with van der Waals surface area (Å²) in [4.78, 5) is 26.4. The van der Waals surface area contributed by atoms with Crippen molar-refractivity contribution in [3.8, 4) is 0 Å². The molecule has 350 valence electrons. The van der Waals surface area contributed by atoms with E-state index in [1.807, 2.05) is 50.5 Å². The van der Waals surface area contributed by atoms with Crippen LogP contribution in [0.2, 0.25) is 0 Å². The molecule has 2 heterocycles. The standard InChI is InChI=1S/C45H60N4O12S3/c1-44(2)36-31-34(63(55,56)57)22-24-38(36)48(28-14-13-21-42(50)46-26-15-27-47-43(51)61-33-17-9-6-5-7-10-18-33)40(44)19-11-8-12-20-41-45(3,4)37-32-35(64(58,59)60)23-25-39(37)49(41)29-16-30-62(52,53)54/h5-6,8,11-12,19-20,22-25,31-33H,7,9-10,13-18,21,26-30H2,1-4H3,(H4-,46,47,50,51,52,53,54,55,56,57,58,59,60)/b6-5-. The first-order valence-corrected chi connectivity index (χ1v) is 26.0. The summed E-state index contributed by atoms with van der Waals surface area (Å²) in [5, 5.41) is 5.66. The topological polar surface area (TPSA) is 240 Å². The van der Waals surface area contributed by atoms with Gasteiger partial charge < -0.3 is 24.8 Å². The van der Waals surface area contributed by atoms with Gasteiger partial charge in [-0.05, 0) is 107 Å². The number of alkyl carbamates (subject to hydrolysis) is 1. The monoisotopic (exact) mass is 944 g/mol. The van der Waals surface area contributed by atoms with Crippen molar-refractivity contribution in [2.75, 3.05) is 36.8 Å². The zero-order valence-corrected chi connectivity index (χ0v) is 39.2. The number of fused-ring (bicyclic) bond motifs is 2. The number of rotatable bonds is 19. The first-order valence-electron chi connectivity index (χ1n) is 21.5. The lowest BCUT2D eigenvalue weighted by atomic mass is 9.81. The van der Waals surface area contributed by atoms with Crippen molar-refractivity contribution >= 4 is 59.4 Å². The minimum absolute atomic E-state index is 0.0702. The fourth-order valence-electron chi connectivity index (χ4n) is 8.46. The second-order valence-corrected chi connectivity index (χ2v) is 21.6. The van der Waals surface area contributed by atoms with E-state index in [-0.39, 0.29) is 41.2 Å². The molecule has 19 heteroatoms. The largest absolute Gasteiger partial charge is 0.744 e. The van der Waals surface area contributed by atoms with E-state index >= 15 is 0 Å². The normalized spacial score (nSPS) is 19.7. The molecule has 2 aromatic carbocycles. The van der Waals surface area contributed by atoms with Crippen LogP contribution in [0.4, 0.5) is 16.2 Å². The summed E-state index contributed by atoms with van der Waals surface area (Å²) in [6, 6.07) is 8.55. The van der Waals surface area contributed by atoms with Crippen molar-refractivity contribution in [1.29, 1.82) is 0 Å².